The summed E-state index contributed by atoms with van der Waals surface area (Å²) in [5, 5.41) is 12.9. The number of benzene rings is 1. The van der Waals surface area contributed by atoms with Crippen LogP contribution in [0.25, 0.3) is 0 Å². The van der Waals surface area contributed by atoms with Gasteiger partial charge in [0.1, 0.15) is 10.8 Å². The van der Waals surface area contributed by atoms with Crippen LogP contribution in [0.5, 0.6) is 5.75 Å². The lowest BCUT2D eigenvalue weighted by molar-refractivity contribution is -0.137. The molecule has 27 heavy (non-hydrogen) atoms. The monoisotopic (exact) mass is 400 g/mol. The molecule has 0 saturated heterocycles. The second kappa shape index (κ2) is 8.71. The number of hydrogen-bond acceptors (Lipinski definition) is 6. The zero-order valence-corrected chi connectivity index (χ0v) is 15.1. The SMILES string of the molecule is COc1ccc(C(F)(F)F)cc1NC(=O)CSc1ccc(NC(C)=O)nn1. The highest BCUT2D eigenvalue weighted by atomic mass is 32.2. The summed E-state index contributed by atoms with van der Waals surface area (Å²) in [6, 6.07) is 5.89. The number of thioether (sulfide) groups is 1. The van der Waals surface area contributed by atoms with Crippen molar-refractivity contribution in [3.63, 3.8) is 0 Å². The minimum atomic E-state index is -4.54. The molecule has 0 saturated carbocycles. The average Bonchev–Trinajstić information content (AvgIpc) is 2.60. The van der Waals surface area contributed by atoms with Crippen LogP contribution in [-0.4, -0.2) is 34.9 Å². The van der Waals surface area contributed by atoms with E-state index in [4.69, 9.17) is 4.74 Å². The third kappa shape index (κ3) is 6.13. The molecule has 2 N–H and O–H groups in total. The minimum Gasteiger partial charge on any atom is -0.495 e. The van der Waals surface area contributed by atoms with Crippen LogP contribution in [0.1, 0.15) is 12.5 Å². The van der Waals surface area contributed by atoms with E-state index in [0.29, 0.717) is 5.03 Å². The number of carbonyl (C=O) groups is 2. The van der Waals surface area contributed by atoms with Crippen molar-refractivity contribution in [3.8, 4) is 5.75 Å². The Balaban J connectivity index is 2.00. The molecule has 1 aromatic heterocycles. The Morgan fingerprint density at radius 1 is 1.15 bits per heavy atom. The van der Waals surface area contributed by atoms with Crippen molar-refractivity contribution in [2.75, 3.05) is 23.5 Å². The van der Waals surface area contributed by atoms with E-state index >= 15 is 0 Å². The van der Waals surface area contributed by atoms with Gasteiger partial charge in [0.25, 0.3) is 0 Å². The van der Waals surface area contributed by atoms with Gasteiger partial charge < -0.3 is 15.4 Å². The van der Waals surface area contributed by atoms with Crippen LogP contribution in [0.2, 0.25) is 0 Å². The van der Waals surface area contributed by atoms with Gasteiger partial charge in [-0.2, -0.15) is 13.2 Å². The van der Waals surface area contributed by atoms with Gasteiger partial charge in [0.2, 0.25) is 11.8 Å². The largest absolute Gasteiger partial charge is 0.495 e. The number of nitrogens with one attached hydrogen (secondary N) is 2. The lowest BCUT2D eigenvalue weighted by atomic mass is 10.2. The van der Waals surface area contributed by atoms with Crippen molar-refractivity contribution in [1.29, 1.82) is 0 Å². The quantitative estimate of drug-likeness (QED) is 0.724. The number of carbonyl (C=O) groups excluding carboxylic acids is 2. The molecule has 0 aliphatic carbocycles. The Hall–Kier alpha value is -2.82. The number of hydrogen-bond donors (Lipinski definition) is 2. The standard InChI is InChI=1S/C16H15F3N4O3S/c1-9(24)20-13-5-6-15(23-22-13)27-8-14(25)21-11-7-10(16(17,18)19)3-4-12(11)26-2/h3-7H,8H2,1-2H3,(H,21,25)(H,20,22,24). The van der Waals surface area contributed by atoms with Crippen molar-refractivity contribution in [1.82, 2.24) is 10.2 Å². The molecule has 0 aliphatic rings. The molecule has 2 rings (SSSR count). The van der Waals surface area contributed by atoms with Gasteiger partial charge in [-0.15, -0.1) is 10.2 Å². The maximum absolute atomic E-state index is 12.8. The predicted octanol–water partition coefficient (Wildman–Crippen LogP) is 3.19. The van der Waals surface area contributed by atoms with Crippen LogP contribution < -0.4 is 15.4 Å². The van der Waals surface area contributed by atoms with Gasteiger partial charge in [0.15, 0.2) is 5.82 Å². The van der Waals surface area contributed by atoms with E-state index in [0.717, 1.165) is 30.0 Å². The van der Waals surface area contributed by atoms with E-state index in [-0.39, 0.29) is 28.9 Å². The van der Waals surface area contributed by atoms with Gasteiger partial charge in [0.05, 0.1) is 24.1 Å². The predicted molar refractivity (Wildman–Crippen MR) is 93.7 cm³/mol. The number of halogens is 3. The fourth-order valence-electron chi connectivity index (χ4n) is 1.95. The van der Waals surface area contributed by atoms with Crippen LogP contribution in [-0.2, 0) is 15.8 Å². The Labute approximate surface area is 156 Å². The third-order valence-electron chi connectivity index (χ3n) is 3.10. The first-order valence-electron chi connectivity index (χ1n) is 7.48. The summed E-state index contributed by atoms with van der Waals surface area (Å²) in [5.74, 6) is -0.552. The summed E-state index contributed by atoms with van der Waals surface area (Å²) in [6.45, 7) is 1.33. The Morgan fingerprint density at radius 2 is 1.89 bits per heavy atom. The second-order valence-corrected chi connectivity index (χ2v) is 6.18. The van der Waals surface area contributed by atoms with Crippen LogP contribution in [0, 0.1) is 0 Å². The van der Waals surface area contributed by atoms with Crippen molar-refractivity contribution in [2.24, 2.45) is 0 Å². The minimum absolute atomic E-state index is 0.0787. The summed E-state index contributed by atoms with van der Waals surface area (Å²) in [5.41, 5.74) is -0.976. The van der Waals surface area contributed by atoms with Gasteiger partial charge in [-0.1, -0.05) is 11.8 Å². The fraction of sp³-hybridized carbons (Fsp3) is 0.250. The van der Waals surface area contributed by atoms with E-state index in [2.05, 4.69) is 20.8 Å². The highest BCUT2D eigenvalue weighted by molar-refractivity contribution is 7.99. The molecular formula is C16H15F3N4O3S. The number of amides is 2. The summed E-state index contributed by atoms with van der Waals surface area (Å²) < 4.78 is 43.4. The van der Waals surface area contributed by atoms with Crippen molar-refractivity contribution in [2.45, 2.75) is 18.1 Å². The van der Waals surface area contributed by atoms with Crippen molar-refractivity contribution >= 4 is 35.1 Å². The van der Waals surface area contributed by atoms with Crippen LogP contribution in [0.15, 0.2) is 35.4 Å². The van der Waals surface area contributed by atoms with Crippen LogP contribution in [0.3, 0.4) is 0 Å². The maximum atomic E-state index is 12.8. The van der Waals surface area contributed by atoms with E-state index < -0.39 is 17.6 Å². The Kier molecular flexibility index (Phi) is 6.61. The van der Waals surface area contributed by atoms with Gasteiger partial charge >= 0.3 is 6.18 Å². The molecule has 0 bridgehead atoms. The van der Waals surface area contributed by atoms with Gasteiger partial charge in [-0.05, 0) is 30.3 Å². The molecule has 11 heteroatoms. The van der Waals surface area contributed by atoms with Crippen LogP contribution in [0.4, 0.5) is 24.7 Å². The molecule has 2 amide bonds. The van der Waals surface area contributed by atoms with E-state index in [1.807, 2.05) is 0 Å². The lowest BCUT2D eigenvalue weighted by Gasteiger charge is -2.13. The highest BCUT2D eigenvalue weighted by Crippen LogP contribution is 2.35. The molecular weight excluding hydrogens is 385 g/mol. The third-order valence-corrected chi connectivity index (χ3v) is 4.02. The molecule has 0 atom stereocenters. The molecule has 0 radical (unpaired) electrons. The van der Waals surface area contributed by atoms with Gasteiger partial charge in [-0.25, -0.2) is 0 Å². The Bertz CT molecular complexity index is 829. The zero-order valence-electron chi connectivity index (χ0n) is 14.3. The molecule has 2 aromatic rings. The number of rotatable bonds is 6. The summed E-state index contributed by atoms with van der Waals surface area (Å²) in [7, 11) is 1.29. The molecule has 1 heterocycles. The zero-order chi connectivity index (χ0) is 20.0. The number of ether oxygens (including phenoxy) is 1. The summed E-state index contributed by atoms with van der Waals surface area (Å²) in [4.78, 5) is 23.0. The number of alkyl halides is 3. The highest BCUT2D eigenvalue weighted by Gasteiger charge is 2.31. The first-order valence-corrected chi connectivity index (χ1v) is 8.47. The average molecular weight is 400 g/mol. The van der Waals surface area contributed by atoms with Gasteiger partial charge in [0, 0.05) is 6.92 Å². The second-order valence-electron chi connectivity index (χ2n) is 5.19. The molecule has 144 valence electrons. The topological polar surface area (TPSA) is 93.2 Å². The van der Waals surface area contributed by atoms with E-state index in [1.165, 1.54) is 20.1 Å². The fourth-order valence-corrected chi connectivity index (χ4v) is 2.57. The summed E-state index contributed by atoms with van der Waals surface area (Å²) >= 11 is 1.04. The van der Waals surface area contributed by atoms with E-state index in [9.17, 15) is 22.8 Å². The molecule has 7 nitrogen and oxygen atoms in total. The normalized spacial score (nSPS) is 11.0. The van der Waals surface area contributed by atoms with Crippen molar-refractivity contribution in [3.05, 3.63) is 35.9 Å². The van der Waals surface area contributed by atoms with Crippen LogP contribution >= 0.6 is 11.8 Å². The Morgan fingerprint density at radius 3 is 2.44 bits per heavy atom. The van der Waals surface area contributed by atoms with Crippen molar-refractivity contribution < 1.29 is 27.5 Å². The maximum Gasteiger partial charge on any atom is 0.416 e. The lowest BCUT2D eigenvalue weighted by Crippen LogP contribution is -2.16. The molecule has 1 aromatic carbocycles. The molecule has 0 aliphatic heterocycles. The first-order chi connectivity index (χ1) is 12.7. The number of aromatic nitrogens is 2. The number of anilines is 2. The van der Waals surface area contributed by atoms with Gasteiger partial charge in [-0.3, -0.25) is 9.59 Å². The first kappa shape index (κ1) is 20.5. The molecule has 0 fully saturated rings. The number of nitrogens with zero attached hydrogens (tertiary/aromatic N) is 2. The number of methoxy groups -OCH3 is 1. The van der Waals surface area contributed by atoms with E-state index in [1.54, 1.807) is 6.07 Å². The molecule has 0 spiro atoms. The smallest absolute Gasteiger partial charge is 0.416 e. The summed E-state index contributed by atoms with van der Waals surface area (Å²) in [6.07, 6.45) is -4.54. The molecule has 0 unspecified atom stereocenters.